The van der Waals surface area contributed by atoms with Crippen molar-refractivity contribution < 1.29 is 4.74 Å². The van der Waals surface area contributed by atoms with E-state index in [1.165, 1.54) is 0 Å². The van der Waals surface area contributed by atoms with E-state index >= 15 is 0 Å². The van der Waals surface area contributed by atoms with Gasteiger partial charge < -0.3 is 15.4 Å². The number of nitrogens with zero attached hydrogens (tertiary/aromatic N) is 1. The van der Waals surface area contributed by atoms with Crippen LogP contribution in [-0.2, 0) is 4.74 Å². The summed E-state index contributed by atoms with van der Waals surface area (Å²) in [6.45, 7) is 2.56. The van der Waals surface area contributed by atoms with Crippen LogP contribution in [0.25, 0.3) is 0 Å². The van der Waals surface area contributed by atoms with E-state index in [4.69, 9.17) is 4.74 Å². The lowest BCUT2D eigenvalue weighted by atomic mass is 10.1. The predicted octanol–water partition coefficient (Wildman–Crippen LogP) is 0.784. The standard InChI is InChI=1S/C10H15N3O/c1-11-10-8(3-2-4-13-10)9-7-12-5-6-14-9/h2-4,9,12H,5-7H2,1H3,(H,11,13). The minimum atomic E-state index is 0.125. The van der Waals surface area contributed by atoms with Crippen LogP contribution in [0.15, 0.2) is 18.3 Å². The van der Waals surface area contributed by atoms with Gasteiger partial charge in [0.2, 0.25) is 0 Å². The second-order valence-electron chi connectivity index (χ2n) is 3.25. The average molecular weight is 193 g/mol. The molecule has 0 saturated carbocycles. The molecule has 1 aromatic heterocycles. The lowest BCUT2D eigenvalue weighted by Gasteiger charge is -2.25. The Morgan fingerprint density at radius 3 is 3.29 bits per heavy atom. The van der Waals surface area contributed by atoms with E-state index in [0.717, 1.165) is 31.1 Å². The highest BCUT2D eigenvalue weighted by Crippen LogP contribution is 2.23. The first-order valence-electron chi connectivity index (χ1n) is 4.87. The monoisotopic (exact) mass is 193 g/mol. The molecule has 1 aliphatic heterocycles. The number of hydrogen-bond donors (Lipinski definition) is 2. The minimum Gasteiger partial charge on any atom is -0.373 e. The number of ether oxygens (including phenoxy) is 1. The molecule has 1 aliphatic rings. The van der Waals surface area contributed by atoms with Crippen molar-refractivity contribution in [1.29, 1.82) is 0 Å². The Morgan fingerprint density at radius 2 is 2.57 bits per heavy atom. The minimum absolute atomic E-state index is 0.125. The van der Waals surface area contributed by atoms with E-state index in [-0.39, 0.29) is 6.10 Å². The van der Waals surface area contributed by atoms with Crippen molar-refractivity contribution in [1.82, 2.24) is 10.3 Å². The summed E-state index contributed by atoms with van der Waals surface area (Å²) < 4.78 is 5.66. The molecule has 1 fully saturated rings. The van der Waals surface area contributed by atoms with Gasteiger partial charge in [-0.25, -0.2) is 4.98 Å². The quantitative estimate of drug-likeness (QED) is 0.728. The maximum Gasteiger partial charge on any atom is 0.131 e. The van der Waals surface area contributed by atoms with Gasteiger partial charge in [-0.3, -0.25) is 0 Å². The van der Waals surface area contributed by atoms with Crippen LogP contribution in [0.2, 0.25) is 0 Å². The molecule has 14 heavy (non-hydrogen) atoms. The second-order valence-corrected chi connectivity index (χ2v) is 3.25. The van der Waals surface area contributed by atoms with Gasteiger partial charge in [0.15, 0.2) is 0 Å². The molecule has 1 aromatic rings. The van der Waals surface area contributed by atoms with Crippen LogP contribution in [0, 0.1) is 0 Å². The molecule has 1 saturated heterocycles. The largest absolute Gasteiger partial charge is 0.373 e. The summed E-state index contributed by atoms with van der Waals surface area (Å²) in [6.07, 6.45) is 1.91. The van der Waals surface area contributed by atoms with Gasteiger partial charge in [-0.05, 0) is 6.07 Å². The van der Waals surface area contributed by atoms with Crippen molar-refractivity contribution in [3.8, 4) is 0 Å². The fourth-order valence-electron chi connectivity index (χ4n) is 1.65. The Kier molecular flexibility index (Phi) is 2.96. The molecule has 4 nitrogen and oxygen atoms in total. The summed E-state index contributed by atoms with van der Waals surface area (Å²) in [5.74, 6) is 0.904. The Hall–Kier alpha value is -1.13. The van der Waals surface area contributed by atoms with Crippen molar-refractivity contribution >= 4 is 5.82 Å². The first-order valence-corrected chi connectivity index (χ1v) is 4.87. The Bertz CT molecular complexity index is 297. The van der Waals surface area contributed by atoms with Crippen LogP contribution in [-0.4, -0.2) is 31.7 Å². The van der Waals surface area contributed by atoms with Crippen LogP contribution in [0.5, 0.6) is 0 Å². The summed E-state index contributed by atoms with van der Waals surface area (Å²) in [6, 6.07) is 3.99. The topological polar surface area (TPSA) is 46.2 Å². The van der Waals surface area contributed by atoms with Gasteiger partial charge in [-0.15, -0.1) is 0 Å². The van der Waals surface area contributed by atoms with E-state index in [9.17, 15) is 0 Å². The molecule has 2 N–H and O–H groups in total. The first-order chi connectivity index (χ1) is 6.92. The fraction of sp³-hybridized carbons (Fsp3) is 0.500. The lowest BCUT2D eigenvalue weighted by molar-refractivity contribution is 0.0279. The maximum atomic E-state index is 5.66. The molecular formula is C10H15N3O. The number of nitrogens with one attached hydrogen (secondary N) is 2. The molecule has 0 aromatic carbocycles. The molecule has 0 aliphatic carbocycles. The van der Waals surface area contributed by atoms with Crippen molar-refractivity contribution in [2.75, 3.05) is 32.1 Å². The highest BCUT2D eigenvalue weighted by molar-refractivity contribution is 5.44. The summed E-state index contributed by atoms with van der Waals surface area (Å²) in [4.78, 5) is 4.25. The van der Waals surface area contributed by atoms with E-state index in [0.29, 0.717) is 0 Å². The number of pyridine rings is 1. The van der Waals surface area contributed by atoms with Gasteiger partial charge in [-0.1, -0.05) is 6.07 Å². The maximum absolute atomic E-state index is 5.66. The molecule has 2 heterocycles. The third-order valence-electron chi connectivity index (χ3n) is 2.35. The number of rotatable bonds is 2. The molecule has 1 atom stereocenters. The first kappa shape index (κ1) is 9.43. The molecule has 0 amide bonds. The zero-order chi connectivity index (χ0) is 9.80. The third-order valence-corrected chi connectivity index (χ3v) is 2.35. The summed E-state index contributed by atoms with van der Waals surface area (Å²) in [7, 11) is 1.88. The SMILES string of the molecule is CNc1ncccc1C1CNCCO1. The summed E-state index contributed by atoms with van der Waals surface area (Å²) >= 11 is 0. The summed E-state index contributed by atoms with van der Waals surface area (Å²) in [5, 5.41) is 6.38. The predicted molar refractivity (Wildman–Crippen MR) is 55.3 cm³/mol. The average Bonchev–Trinajstić information content (AvgIpc) is 2.30. The molecule has 1 unspecified atom stereocenters. The van der Waals surface area contributed by atoms with Crippen molar-refractivity contribution in [2.24, 2.45) is 0 Å². The molecular weight excluding hydrogens is 178 g/mol. The third kappa shape index (κ3) is 1.86. The van der Waals surface area contributed by atoms with Crippen LogP contribution in [0.1, 0.15) is 11.7 Å². The highest BCUT2D eigenvalue weighted by atomic mass is 16.5. The van der Waals surface area contributed by atoms with Gasteiger partial charge in [-0.2, -0.15) is 0 Å². The molecule has 0 radical (unpaired) electrons. The van der Waals surface area contributed by atoms with Crippen LogP contribution in [0.3, 0.4) is 0 Å². The molecule has 2 rings (SSSR count). The van der Waals surface area contributed by atoms with E-state index < -0.39 is 0 Å². The zero-order valence-electron chi connectivity index (χ0n) is 8.29. The van der Waals surface area contributed by atoms with E-state index in [2.05, 4.69) is 21.7 Å². The van der Waals surface area contributed by atoms with Gasteiger partial charge in [0.1, 0.15) is 5.82 Å². The van der Waals surface area contributed by atoms with Gasteiger partial charge >= 0.3 is 0 Å². The Labute approximate surface area is 83.7 Å². The smallest absolute Gasteiger partial charge is 0.131 e. The van der Waals surface area contributed by atoms with E-state index in [1.54, 1.807) is 6.20 Å². The highest BCUT2D eigenvalue weighted by Gasteiger charge is 2.18. The van der Waals surface area contributed by atoms with Crippen molar-refractivity contribution in [3.63, 3.8) is 0 Å². The zero-order valence-corrected chi connectivity index (χ0v) is 8.29. The normalized spacial score (nSPS) is 21.9. The molecule has 4 heteroatoms. The summed E-state index contributed by atoms with van der Waals surface area (Å²) in [5.41, 5.74) is 1.13. The van der Waals surface area contributed by atoms with E-state index in [1.807, 2.05) is 13.1 Å². The van der Waals surface area contributed by atoms with Crippen LogP contribution >= 0.6 is 0 Å². The molecule has 0 spiro atoms. The van der Waals surface area contributed by atoms with Gasteiger partial charge in [0, 0.05) is 31.9 Å². The van der Waals surface area contributed by atoms with Crippen molar-refractivity contribution in [3.05, 3.63) is 23.9 Å². The molecule has 0 bridgehead atoms. The fourth-order valence-corrected chi connectivity index (χ4v) is 1.65. The van der Waals surface area contributed by atoms with Gasteiger partial charge in [0.25, 0.3) is 0 Å². The Balaban J connectivity index is 2.20. The van der Waals surface area contributed by atoms with Crippen molar-refractivity contribution in [2.45, 2.75) is 6.10 Å². The lowest BCUT2D eigenvalue weighted by Crippen LogP contribution is -2.33. The number of morpholine rings is 1. The number of aromatic nitrogens is 1. The second kappa shape index (κ2) is 4.39. The van der Waals surface area contributed by atoms with Crippen LogP contribution < -0.4 is 10.6 Å². The molecule has 76 valence electrons. The number of anilines is 1. The van der Waals surface area contributed by atoms with Crippen LogP contribution in [0.4, 0.5) is 5.82 Å². The Morgan fingerprint density at radius 1 is 1.64 bits per heavy atom. The van der Waals surface area contributed by atoms with Gasteiger partial charge in [0.05, 0.1) is 12.7 Å². The number of hydrogen-bond acceptors (Lipinski definition) is 4.